The summed E-state index contributed by atoms with van der Waals surface area (Å²) in [5, 5.41) is 9.00. The van der Waals surface area contributed by atoms with Crippen molar-refractivity contribution in [3.05, 3.63) is 47.0 Å². The molecule has 1 atom stereocenters. The normalized spacial score (nSPS) is 20.1. The van der Waals surface area contributed by atoms with Gasteiger partial charge >= 0.3 is 0 Å². The maximum atomic E-state index is 12.9. The van der Waals surface area contributed by atoms with Crippen LogP contribution in [-0.4, -0.2) is 59.8 Å². The monoisotopic (exact) mass is 393 g/mol. The molecular formula is C23H31N5O. The molecule has 6 heteroatoms. The van der Waals surface area contributed by atoms with Gasteiger partial charge in [0.2, 0.25) is 0 Å². The first-order valence-electron chi connectivity index (χ1n) is 10.7. The average Bonchev–Trinajstić information content (AvgIpc) is 2.74. The van der Waals surface area contributed by atoms with Gasteiger partial charge in [0.05, 0.1) is 0 Å². The van der Waals surface area contributed by atoms with Gasteiger partial charge in [0.25, 0.3) is 5.91 Å². The van der Waals surface area contributed by atoms with Gasteiger partial charge in [0.1, 0.15) is 0 Å². The maximum Gasteiger partial charge on any atom is 0.254 e. The molecule has 2 aliphatic rings. The summed E-state index contributed by atoms with van der Waals surface area (Å²) in [4.78, 5) is 19.4. The molecule has 0 bridgehead atoms. The summed E-state index contributed by atoms with van der Waals surface area (Å²) in [7, 11) is 0. The zero-order chi connectivity index (χ0) is 20.4. The summed E-state index contributed by atoms with van der Waals surface area (Å²) < 4.78 is 0. The number of rotatable bonds is 3. The molecule has 1 aromatic heterocycles. The zero-order valence-corrected chi connectivity index (χ0v) is 17.8. The topological polar surface area (TPSA) is 52.6 Å². The zero-order valence-electron chi connectivity index (χ0n) is 17.8. The highest BCUT2D eigenvalue weighted by atomic mass is 16.2. The van der Waals surface area contributed by atoms with Crippen LogP contribution in [0.5, 0.6) is 0 Å². The standard InChI is InChI=1S/C23H31N5O/c1-17-7-8-20(18(2)16-17)23(29)27-14-12-26(13-15-27)21-9-10-22(25-24-21)28-11-5-4-6-19(28)3/h7-10,16,19H,4-6,11-15H2,1-3H3. The number of benzene rings is 1. The van der Waals surface area contributed by atoms with E-state index in [4.69, 9.17) is 0 Å². The van der Waals surface area contributed by atoms with Crippen molar-refractivity contribution in [2.45, 2.75) is 46.1 Å². The Morgan fingerprint density at radius 1 is 0.931 bits per heavy atom. The second-order valence-electron chi connectivity index (χ2n) is 8.39. The number of carbonyl (C=O) groups excluding carboxylic acids is 1. The molecule has 29 heavy (non-hydrogen) atoms. The second-order valence-corrected chi connectivity index (χ2v) is 8.39. The number of hydrogen-bond donors (Lipinski definition) is 0. The highest BCUT2D eigenvalue weighted by molar-refractivity contribution is 5.95. The molecule has 6 nitrogen and oxygen atoms in total. The molecule has 0 saturated carbocycles. The van der Waals surface area contributed by atoms with E-state index >= 15 is 0 Å². The van der Waals surface area contributed by atoms with Crippen LogP contribution in [0.3, 0.4) is 0 Å². The number of piperidine rings is 1. The highest BCUT2D eigenvalue weighted by Crippen LogP contribution is 2.24. The Morgan fingerprint density at radius 3 is 2.31 bits per heavy atom. The first-order valence-corrected chi connectivity index (χ1v) is 10.7. The first-order chi connectivity index (χ1) is 14.0. The lowest BCUT2D eigenvalue weighted by Gasteiger charge is -2.36. The van der Waals surface area contributed by atoms with Crippen LogP contribution >= 0.6 is 0 Å². The fraction of sp³-hybridized carbons (Fsp3) is 0.522. The van der Waals surface area contributed by atoms with E-state index in [0.29, 0.717) is 19.1 Å². The molecule has 1 unspecified atom stereocenters. The van der Waals surface area contributed by atoms with Gasteiger partial charge in [-0.05, 0) is 63.8 Å². The van der Waals surface area contributed by atoms with Crippen molar-refractivity contribution >= 4 is 17.5 Å². The Kier molecular flexibility index (Phi) is 5.69. The van der Waals surface area contributed by atoms with E-state index in [1.807, 2.05) is 24.0 Å². The highest BCUT2D eigenvalue weighted by Gasteiger charge is 2.25. The number of piperazine rings is 1. The van der Waals surface area contributed by atoms with Gasteiger partial charge in [-0.2, -0.15) is 0 Å². The molecule has 1 aromatic carbocycles. The number of anilines is 2. The van der Waals surface area contributed by atoms with Gasteiger partial charge in [0, 0.05) is 44.3 Å². The molecule has 0 N–H and O–H groups in total. The Morgan fingerprint density at radius 2 is 1.66 bits per heavy atom. The SMILES string of the molecule is Cc1ccc(C(=O)N2CCN(c3ccc(N4CCCCC4C)nn3)CC2)c(C)c1. The third-order valence-electron chi connectivity index (χ3n) is 6.24. The first kappa shape index (κ1) is 19.7. The predicted octanol–water partition coefficient (Wildman–Crippen LogP) is 3.43. The van der Waals surface area contributed by atoms with E-state index in [9.17, 15) is 4.79 Å². The average molecular weight is 394 g/mol. The van der Waals surface area contributed by atoms with Gasteiger partial charge in [-0.3, -0.25) is 4.79 Å². The minimum Gasteiger partial charge on any atom is -0.352 e. The fourth-order valence-electron chi connectivity index (χ4n) is 4.44. The Balaban J connectivity index is 1.37. The molecule has 2 aromatic rings. The van der Waals surface area contributed by atoms with Crippen LogP contribution < -0.4 is 9.80 Å². The maximum absolute atomic E-state index is 12.9. The summed E-state index contributed by atoms with van der Waals surface area (Å²) in [5.74, 6) is 2.00. The van der Waals surface area contributed by atoms with E-state index in [0.717, 1.165) is 42.4 Å². The van der Waals surface area contributed by atoms with E-state index in [2.05, 4.69) is 52.0 Å². The quantitative estimate of drug-likeness (QED) is 0.800. The summed E-state index contributed by atoms with van der Waals surface area (Å²) >= 11 is 0. The Labute approximate surface area is 173 Å². The van der Waals surface area contributed by atoms with Gasteiger partial charge in [-0.15, -0.1) is 10.2 Å². The lowest BCUT2D eigenvalue weighted by molar-refractivity contribution is 0.0745. The van der Waals surface area contributed by atoms with Crippen LogP contribution in [0.2, 0.25) is 0 Å². The molecule has 2 aliphatic heterocycles. The molecular weight excluding hydrogens is 362 g/mol. The van der Waals surface area contributed by atoms with Gasteiger partial charge < -0.3 is 14.7 Å². The predicted molar refractivity (Wildman–Crippen MR) is 117 cm³/mol. The molecule has 2 saturated heterocycles. The van der Waals surface area contributed by atoms with Gasteiger partial charge in [0.15, 0.2) is 11.6 Å². The van der Waals surface area contributed by atoms with Crippen molar-refractivity contribution in [2.75, 3.05) is 42.5 Å². The van der Waals surface area contributed by atoms with Crippen LogP contribution in [0.1, 0.15) is 47.7 Å². The van der Waals surface area contributed by atoms with Crippen LogP contribution in [-0.2, 0) is 0 Å². The van der Waals surface area contributed by atoms with Crippen LogP contribution in [0.25, 0.3) is 0 Å². The summed E-state index contributed by atoms with van der Waals surface area (Å²) in [6.45, 7) is 10.4. The van der Waals surface area contributed by atoms with E-state index in [1.54, 1.807) is 0 Å². The molecule has 0 spiro atoms. The summed E-state index contributed by atoms with van der Waals surface area (Å²) in [6, 6.07) is 10.7. The molecule has 0 radical (unpaired) electrons. The van der Waals surface area contributed by atoms with Crippen molar-refractivity contribution in [1.82, 2.24) is 15.1 Å². The minimum atomic E-state index is 0.127. The molecule has 1 amide bonds. The second kappa shape index (κ2) is 8.39. The third kappa shape index (κ3) is 4.21. The van der Waals surface area contributed by atoms with Crippen LogP contribution in [0.4, 0.5) is 11.6 Å². The smallest absolute Gasteiger partial charge is 0.254 e. The third-order valence-corrected chi connectivity index (χ3v) is 6.24. The number of nitrogens with zero attached hydrogens (tertiary/aromatic N) is 5. The Bertz CT molecular complexity index is 858. The molecule has 2 fully saturated rings. The molecule has 3 heterocycles. The van der Waals surface area contributed by atoms with Crippen molar-refractivity contribution in [1.29, 1.82) is 0 Å². The van der Waals surface area contributed by atoms with E-state index in [1.165, 1.54) is 24.8 Å². The van der Waals surface area contributed by atoms with Crippen LogP contribution in [0.15, 0.2) is 30.3 Å². The van der Waals surface area contributed by atoms with Gasteiger partial charge in [-0.1, -0.05) is 17.7 Å². The van der Waals surface area contributed by atoms with Gasteiger partial charge in [-0.25, -0.2) is 0 Å². The van der Waals surface area contributed by atoms with E-state index in [-0.39, 0.29) is 5.91 Å². The number of aromatic nitrogens is 2. The fourth-order valence-corrected chi connectivity index (χ4v) is 4.44. The molecule has 4 rings (SSSR count). The summed E-state index contributed by atoms with van der Waals surface area (Å²) in [6.07, 6.45) is 3.75. The largest absolute Gasteiger partial charge is 0.352 e. The number of carbonyl (C=O) groups is 1. The lowest BCUT2D eigenvalue weighted by atomic mass is 10.0. The summed E-state index contributed by atoms with van der Waals surface area (Å²) in [5.41, 5.74) is 3.04. The van der Waals surface area contributed by atoms with Crippen molar-refractivity contribution in [3.8, 4) is 0 Å². The van der Waals surface area contributed by atoms with Crippen molar-refractivity contribution in [2.24, 2.45) is 0 Å². The minimum absolute atomic E-state index is 0.127. The lowest BCUT2D eigenvalue weighted by Crippen LogP contribution is -2.49. The van der Waals surface area contributed by atoms with E-state index < -0.39 is 0 Å². The number of hydrogen-bond acceptors (Lipinski definition) is 5. The van der Waals surface area contributed by atoms with Crippen LogP contribution in [0, 0.1) is 13.8 Å². The molecule has 154 valence electrons. The van der Waals surface area contributed by atoms with Crippen molar-refractivity contribution < 1.29 is 4.79 Å². The number of aryl methyl sites for hydroxylation is 2. The number of amides is 1. The Hall–Kier alpha value is -2.63. The van der Waals surface area contributed by atoms with Crippen molar-refractivity contribution in [3.63, 3.8) is 0 Å². The molecule has 0 aliphatic carbocycles.